The number of benzene rings is 1. The first kappa shape index (κ1) is 11.9. The number of fused-ring (bicyclic) bond motifs is 1. The van der Waals surface area contributed by atoms with Gasteiger partial charge in [0.05, 0.1) is 6.61 Å². The zero-order valence-electron chi connectivity index (χ0n) is 10.8. The molecule has 96 valence electrons. The summed E-state index contributed by atoms with van der Waals surface area (Å²) in [5, 5.41) is 0. The van der Waals surface area contributed by atoms with Gasteiger partial charge in [0, 0.05) is 18.9 Å². The summed E-state index contributed by atoms with van der Waals surface area (Å²) in [6.07, 6.45) is 6.28. The quantitative estimate of drug-likeness (QED) is 0.817. The third-order valence-corrected chi connectivity index (χ3v) is 4.16. The van der Waals surface area contributed by atoms with Crippen molar-refractivity contribution in [1.29, 1.82) is 0 Å². The Labute approximate surface area is 108 Å². The Morgan fingerprint density at radius 1 is 1.22 bits per heavy atom. The summed E-state index contributed by atoms with van der Waals surface area (Å²) in [5.74, 6) is 0.486. The average molecular weight is 244 g/mol. The second kappa shape index (κ2) is 5.23. The summed E-state index contributed by atoms with van der Waals surface area (Å²) in [4.78, 5) is 12.2. The molecule has 1 heterocycles. The fraction of sp³-hybridized carbons (Fsp3) is 0.562. The van der Waals surface area contributed by atoms with E-state index in [1.54, 1.807) is 0 Å². The van der Waals surface area contributed by atoms with E-state index in [1.807, 2.05) is 0 Å². The normalized spacial score (nSPS) is 22.8. The van der Waals surface area contributed by atoms with Crippen molar-refractivity contribution in [2.24, 2.45) is 5.92 Å². The highest BCUT2D eigenvalue weighted by atomic mass is 16.5. The van der Waals surface area contributed by atoms with Crippen LogP contribution in [0.2, 0.25) is 0 Å². The number of hydrogen-bond acceptors (Lipinski definition) is 2. The van der Waals surface area contributed by atoms with E-state index in [9.17, 15) is 4.79 Å². The van der Waals surface area contributed by atoms with Crippen LogP contribution in [-0.4, -0.2) is 19.0 Å². The molecule has 0 radical (unpaired) electrons. The minimum absolute atomic E-state index is 0.131. The van der Waals surface area contributed by atoms with Crippen molar-refractivity contribution in [2.75, 3.05) is 13.2 Å². The van der Waals surface area contributed by atoms with Crippen molar-refractivity contribution in [2.45, 2.75) is 38.5 Å². The van der Waals surface area contributed by atoms with Crippen LogP contribution in [-0.2, 0) is 28.8 Å². The summed E-state index contributed by atoms with van der Waals surface area (Å²) in [6, 6.07) is 6.58. The maximum Gasteiger partial charge on any atom is 0.142 e. The van der Waals surface area contributed by atoms with E-state index in [-0.39, 0.29) is 5.92 Å². The van der Waals surface area contributed by atoms with E-state index >= 15 is 0 Å². The molecule has 0 aromatic heterocycles. The van der Waals surface area contributed by atoms with E-state index in [1.165, 1.54) is 36.0 Å². The van der Waals surface area contributed by atoms with E-state index in [0.717, 1.165) is 19.4 Å². The second-order valence-corrected chi connectivity index (χ2v) is 5.51. The third-order valence-electron chi connectivity index (χ3n) is 4.16. The molecule has 1 aromatic rings. The number of carbonyl (C=O) groups is 1. The maximum atomic E-state index is 12.2. The van der Waals surface area contributed by atoms with Gasteiger partial charge in [-0.1, -0.05) is 18.2 Å². The van der Waals surface area contributed by atoms with Gasteiger partial charge in [0.25, 0.3) is 0 Å². The Kier molecular flexibility index (Phi) is 3.46. The number of ketones is 1. The number of aryl methyl sites for hydroxylation is 2. The van der Waals surface area contributed by atoms with Crippen LogP contribution in [0, 0.1) is 5.92 Å². The first-order valence-electron chi connectivity index (χ1n) is 7.04. The molecule has 3 rings (SSSR count). The molecular formula is C16H20O2. The Morgan fingerprint density at radius 2 is 2.11 bits per heavy atom. The molecule has 0 spiro atoms. The number of Topliss-reactive ketones (excluding diaryl/α,β-unsaturated/α-hetero) is 1. The molecule has 0 saturated carbocycles. The molecule has 2 heteroatoms. The Morgan fingerprint density at radius 3 is 2.94 bits per heavy atom. The SMILES string of the molecule is O=C(Cc1ccc2c(c1)CCC2)C1CCCOC1. The lowest BCUT2D eigenvalue weighted by molar-refractivity contribution is -0.126. The van der Waals surface area contributed by atoms with Crippen molar-refractivity contribution in [3.63, 3.8) is 0 Å². The number of hydrogen-bond donors (Lipinski definition) is 0. The minimum atomic E-state index is 0.131. The molecule has 2 nitrogen and oxygen atoms in total. The molecule has 18 heavy (non-hydrogen) atoms. The molecule has 0 bridgehead atoms. The summed E-state index contributed by atoms with van der Waals surface area (Å²) < 4.78 is 5.39. The molecule has 1 atom stereocenters. The van der Waals surface area contributed by atoms with Gasteiger partial charge in [0.1, 0.15) is 5.78 Å². The highest BCUT2D eigenvalue weighted by Gasteiger charge is 2.22. The molecule has 1 fully saturated rings. The Balaban J connectivity index is 1.66. The smallest absolute Gasteiger partial charge is 0.142 e. The summed E-state index contributed by atoms with van der Waals surface area (Å²) in [5.41, 5.74) is 4.12. The highest BCUT2D eigenvalue weighted by Crippen LogP contribution is 2.24. The van der Waals surface area contributed by atoms with Gasteiger partial charge in [-0.3, -0.25) is 4.79 Å². The number of ether oxygens (including phenoxy) is 1. The van der Waals surface area contributed by atoms with Gasteiger partial charge in [0.2, 0.25) is 0 Å². The van der Waals surface area contributed by atoms with Crippen LogP contribution in [0.25, 0.3) is 0 Å². The first-order chi connectivity index (χ1) is 8.83. The van der Waals surface area contributed by atoms with E-state index in [2.05, 4.69) is 18.2 Å². The van der Waals surface area contributed by atoms with Crippen LogP contribution in [0.15, 0.2) is 18.2 Å². The standard InChI is InChI=1S/C16H20O2/c17-16(15-5-2-8-18-11-15)10-12-6-7-13-3-1-4-14(13)9-12/h6-7,9,15H,1-5,8,10-11H2. The van der Waals surface area contributed by atoms with Crippen molar-refractivity contribution in [3.05, 3.63) is 34.9 Å². The first-order valence-corrected chi connectivity index (χ1v) is 7.04. The lowest BCUT2D eigenvalue weighted by Gasteiger charge is -2.20. The molecule has 1 unspecified atom stereocenters. The summed E-state index contributed by atoms with van der Waals surface area (Å²) in [6.45, 7) is 1.45. The predicted octanol–water partition coefficient (Wildman–Crippen LogP) is 2.71. The average Bonchev–Trinajstić information content (AvgIpc) is 2.87. The lowest BCUT2D eigenvalue weighted by atomic mass is 9.92. The fourth-order valence-corrected chi connectivity index (χ4v) is 3.08. The molecule has 1 aliphatic carbocycles. The minimum Gasteiger partial charge on any atom is -0.381 e. The van der Waals surface area contributed by atoms with Crippen LogP contribution in [0.3, 0.4) is 0 Å². The van der Waals surface area contributed by atoms with Gasteiger partial charge in [0.15, 0.2) is 0 Å². The molecule has 0 N–H and O–H groups in total. The van der Waals surface area contributed by atoms with Gasteiger partial charge in [-0.15, -0.1) is 0 Å². The third kappa shape index (κ3) is 2.49. The van der Waals surface area contributed by atoms with Crippen LogP contribution >= 0.6 is 0 Å². The van der Waals surface area contributed by atoms with Crippen LogP contribution in [0.1, 0.15) is 36.0 Å². The molecule has 0 amide bonds. The Bertz CT molecular complexity index is 444. The van der Waals surface area contributed by atoms with Gasteiger partial charge in [-0.05, 0) is 48.8 Å². The van der Waals surface area contributed by atoms with Gasteiger partial charge < -0.3 is 4.74 Å². The van der Waals surface area contributed by atoms with Crippen molar-refractivity contribution < 1.29 is 9.53 Å². The Hall–Kier alpha value is -1.15. The molecule has 1 aliphatic heterocycles. The largest absolute Gasteiger partial charge is 0.381 e. The van der Waals surface area contributed by atoms with E-state index < -0.39 is 0 Å². The van der Waals surface area contributed by atoms with Gasteiger partial charge in [-0.2, -0.15) is 0 Å². The molecule has 2 aliphatic rings. The maximum absolute atomic E-state index is 12.2. The van der Waals surface area contributed by atoms with Crippen molar-refractivity contribution in [1.82, 2.24) is 0 Å². The van der Waals surface area contributed by atoms with Gasteiger partial charge >= 0.3 is 0 Å². The monoisotopic (exact) mass is 244 g/mol. The zero-order chi connectivity index (χ0) is 12.4. The van der Waals surface area contributed by atoms with E-state index in [4.69, 9.17) is 4.74 Å². The van der Waals surface area contributed by atoms with Crippen molar-refractivity contribution >= 4 is 5.78 Å². The molecule has 1 saturated heterocycles. The van der Waals surface area contributed by atoms with Crippen LogP contribution < -0.4 is 0 Å². The number of rotatable bonds is 3. The molecular weight excluding hydrogens is 224 g/mol. The molecule has 1 aromatic carbocycles. The summed E-state index contributed by atoms with van der Waals surface area (Å²) >= 11 is 0. The topological polar surface area (TPSA) is 26.3 Å². The van der Waals surface area contributed by atoms with Crippen molar-refractivity contribution in [3.8, 4) is 0 Å². The van der Waals surface area contributed by atoms with Crippen LogP contribution in [0.4, 0.5) is 0 Å². The lowest BCUT2D eigenvalue weighted by Crippen LogP contribution is -2.26. The zero-order valence-corrected chi connectivity index (χ0v) is 10.8. The van der Waals surface area contributed by atoms with Gasteiger partial charge in [-0.25, -0.2) is 0 Å². The summed E-state index contributed by atoms with van der Waals surface area (Å²) in [7, 11) is 0. The predicted molar refractivity (Wildman–Crippen MR) is 70.7 cm³/mol. The second-order valence-electron chi connectivity index (χ2n) is 5.51. The highest BCUT2D eigenvalue weighted by molar-refractivity contribution is 5.83. The number of carbonyl (C=O) groups excluding carboxylic acids is 1. The van der Waals surface area contributed by atoms with Crippen LogP contribution in [0.5, 0.6) is 0 Å². The van der Waals surface area contributed by atoms with E-state index in [0.29, 0.717) is 18.8 Å². The fourth-order valence-electron chi connectivity index (χ4n) is 3.08.